The molecule has 0 bridgehead atoms. The van der Waals surface area contributed by atoms with Gasteiger partial charge < -0.3 is 10.1 Å². The highest BCUT2D eigenvalue weighted by Gasteiger charge is 2.18. The summed E-state index contributed by atoms with van der Waals surface area (Å²) in [4.78, 5) is 0. The molecule has 0 saturated carbocycles. The molecule has 2 nitrogen and oxygen atoms in total. The van der Waals surface area contributed by atoms with Crippen LogP contribution in [0.5, 0.6) is 5.75 Å². The van der Waals surface area contributed by atoms with E-state index in [4.69, 9.17) is 4.74 Å². The number of hydrogen-bond acceptors (Lipinski definition) is 2. The lowest BCUT2D eigenvalue weighted by Crippen LogP contribution is -2.29. The van der Waals surface area contributed by atoms with Crippen LogP contribution in [0.25, 0.3) is 0 Å². The Hall–Kier alpha value is -1.28. The second kappa shape index (κ2) is 6.33. The normalized spacial score (nSPS) is 14.1. The van der Waals surface area contributed by atoms with Crippen LogP contribution < -0.4 is 10.1 Å². The van der Waals surface area contributed by atoms with Crippen molar-refractivity contribution < 1.29 is 4.74 Å². The summed E-state index contributed by atoms with van der Waals surface area (Å²) < 4.78 is 5.67. The average Bonchev–Trinajstić information content (AvgIpc) is 2.31. The summed E-state index contributed by atoms with van der Waals surface area (Å²) >= 11 is 0. The van der Waals surface area contributed by atoms with Gasteiger partial charge in [0.1, 0.15) is 5.75 Å². The summed E-state index contributed by atoms with van der Waals surface area (Å²) in [6.45, 7) is 7.71. The number of benzene rings is 1. The zero-order valence-corrected chi connectivity index (χ0v) is 10.2. The summed E-state index contributed by atoms with van der Waals surface area (Å²) in [6.07, 6.45) is 2.96. The van der Waals surface area contributed by atoms with Gasteiger partial charge >= 0.3 is 0 Å². The molecule has 0 spiro atoms. The molecule has 1 rings (SSSR count). The first-order chi connectivity index (χ1) is 7.70. The largest absolute Gasteiger partial charge is 0.494 e. The summed E-state index contributed by atoms with van der Waals surface area (Å²) in [7, 11) is 1.96. The molecule has 88 valence electrons. The molecule has 1 aromatic carbocycles. The maximum absolute atomic E-state index is 5.67. The van der Waals surface area contributed by atoms with E-state index in [0.717, 1.165) is 18.7 Å². The Balaban J connectivity index is 2.37. The van der Waals surface area contributed by atoms with E-state index in [1.807, 2.05) is 43.5 Å². The standard InChI is InChI=1S/C14H21NO/c1-4-14(2,12-15-3)10-11-16-13-8-6-5-7-9-13/h4-9,15H,1,10-12H2,2-3H3. The van der Waals surface area contributed by atoms with Crippen molar-refractivity contribution in [3.8, 4) is 5.75 Å². The van der Waals surface area contributed by atoms with Gasteiger partial charge in [0, 0.05) is 12.0 Å². The average molecular weight is 219 g/mol. The highest BCUT2D eigenvalue weighted by molar-refractivity contribution is 5.20. The zero-order valence-electron chi connectivity index (χ0n) is 10.2. The molecule has 2 heteroatoms. The van der Waals surface area contributed by atoms with E-state index < -0.39 is 0 Å². The molecule has 0 heterocycles. The van der Waals surface area contributed by atoms with Crippen LogP contribution in [0.4, 0.5) is 0 Å². The van der Waals surface area contributed by atoms with Gasteiger partial charge in [0.05, 0.1) is 6.61 Å². The molecule has 0 amide bonds. The number of para-hydroxylation sites is 1. The van der Waals surface area contributed by atoms with Gasteiger partial charge in [-0.15, -0.1) is 6.58 Å². The minimum Gasteiger partial charge on any atom is -0.494 e. The second-order valence-corrected chi connectivity index (χ2v) is 4.30. The van der Waals surface area contributed by atoms with Crippen LogP contribution in [0.1, 0.15) is 13.3 Å². The van der Waals surface area contributed by atoms with E-state index in [2.05, 4.69) is 18.8 Å². The van der Waals surface area contributed by atoms with Crippen molar-refractivity contribution in [2.45, 2.75) is 13.3 Å². The molecule has 1 atom stereocenters. The zero-order chi connectivity index (χ0) is 11.9. The van der Waals surface area contributed by atoms with Gasteiger partial charge in [-0.05, 0) is 25.6 Å². The van der Waals surface area contributed by atoms with Crippen molar-refractivity contribution in [1.82, 2.24) is 5.32 Å². The molecule has 1 N–H and O–H groups in total. The van der Waals surface area contributed by atoms with Gasteiger partial charge in [-0.25, -0.2) is 0 Å². The van der Waals surface area contributed by atoms with E-state index in [0.29, 0.717) is 6.61 Å². The predicted octanol–water partition coefficient (Wildman–Crippen LogP) is 2.87. The summed E-state index contributed by atoms with van der Waals surface area (Å²) in [5, 5.41) is 3.18. The van der Waals surface area contributed by atoms with E-state index in [1.165, 1.54) is 0 Å². The third-order valence-corrected chi connectivity index (χ3v) is 2.76. The van der Waals surface area contributed by atoms with Crippen molar-refractivity contribution >= 4 is 0 Å². The fourth-order valence-electron chi connectivity index (χ4n) is 1.59. The number of ether oxygens (including phenoxy) is 1. The highest BCUT2D eigenvalue weighted by atomic mass is 16.5. The highest BCUT2D eigenvalue weighted by Crippen LogP contribution is 2.22. The predicted molar refractivity (Wildman–Crippen MR) is 68.8 cm³/mol. The Bertz CT molecular complexity index is 310. The molecule has 0 saturated heterocycles. The molecule has 0 aliphatic heterocycles. The Labute approximate surface area is 98.3 Å². The van der Waals surface area contributed by atoms with Crippen LogP contribution in [-0.2, 0) is 0 Å². The Kier molecular flexibility index (Phi) is 5.06. The van der Waals surface area contributed by atoms with Crippen LogP contribution in [0, 0.1) is 5.41 Å². The van der Waals surface area contributed by atoms with Gasteiger partial charge in [0.2, 0.25) is 0 Å². The monoisotopic (exact) mass is 219 g/mol. The number of nitrogens with one attached hydrogen (secondary N) is 1. The fraction of sp³-hybridized carbons (Fsp3) is 0.429. The summed E-state index contributed by atoms with van der Waals surface area (Å²) in [5.41, 5.74) is 0.101. The van der Waals surface area contributed by atoms with Crippen LogP contribution in [-0.4, -0.2) is 20.2 Å². The molecular formula is C14H21NO. The van der Waals surface area contributed by atoms with E-state index >= 15 is 0 Å². The summed E-state index contributed by atoms with van der Waals surface area (Å²) in [5.74, 6) is 0.929. The van der Waals surface area contributed by atoms with Crippen LogP contribution in [0.3, 0.4) is 0 Å². The Morgan fingerprint density at radius 2 is 2.06 bits per heavy atom. The maximum atomic E-state index is 5.67. The third kappa shape index (κ3) is 4.07. The fourth-order valence-corrected chi connectivity index (χ4v) is 1.59. The second-order valence-electron chi connectivity index (χ2n) is 4.30. The Morgan fingerprint density at radius 3 is 2.62 bits per heavy atom. The Morgan fingerprint density at radius 1 is 1.38 bits per heavy atom. The van der Waals surface area contributed by atoms with E-state index in [-0.39, 0.29) is 5.41 Å². The first-order valence-electron chi connectivity index (χ1n) is 5.66. The van der Waals surface area contributed by atoms with Crippen molar-refractivity contribution in [2.75, 3.05) is 20.2 Å². The van der Waals surface area contributed by atoms with Crippen molar-refractivity contribution in [2.24, 2.45) is 5.41 Å². The van der Waals surface area contributed by atoms with Crippen LogP contribution >= 0.6 is 0 Å². The number of hydrogen-bond donors (Lipinski definition) is 1. The van der Waals surface area contributed by atoms with Gasteiger partial charge in [0.25, 0.3) is 0 Å². The molecule has 0 radical (unpaired) electrons. The molecule has 0 aliphatic carbocycles. The van der Waals surface area contributed by atoms with Gasteiger partial charge in [0.15, 0.2) is 0 Å². The van der Waals surface area contributed by atoms with E-state index in [9.17, 15) is 0 Å². The maximum Gasteiger partial charge on any atom is 0.119 e. The SMILES string of the molecule is C=CC(C)(CCOc1ccccc1)CNC. The summed E-state index contributed by atoms with van der Waals surface area (Å²) in [6, 6.07) is 9.90. The molecule has 0 aliphatic rings. The third-order valence-electron chi connectivity index (χ3n) is 2.76. The van der Waals surface area contributed by atoms with Crippen molar-refractivity contribution in [3.05, 3.63) is 43.0 Å². The molecule has 1 unspecified atom stereocenters. The van der Waals surface area contributed by atoms with Gasteiger partial charge in [-0.2, -0.15) is 0 Å². The smallest absolute Gasteiger partial charge is 0.119 e. The van der Waals surface area contributed by atoms with Crippen molar-refractivity contribution in [1.29, 1.82) is 0 Å². The molecule has 16 heavy (non-hydrogen) atoms. The van der Waals surface area contributed by atoms with Crippen LogP contribution in [0.2, 0.25) is 0 Å². The topological polar surface area (TPSA) is 21.3 Å². The molecular weight excluding hydrogens is 198 g/mol. The number of rotatable bonds is 7. The lowest BCUT2D eigenvalue weighted by molar-refractivity contribution is 0.247. The van der Waals surface area contributed by atoms with Crippen molar-refractivity contribution in [3.63, 3.8) is 0 Å². The lowest BCUT2D eigenvalue weighted by atomic mass is 9.87. The molecule has 0 fully saturated rings. The minimum absolute atomic E-state index is 0.101. The molecule has 0 aromatic heterocycles. The molecule has 1 aromatic rings. The first-order valence-corrected chi connectivity index (χ1v) is 5.66. The minimum atomic E-state index is 0.101. The lowest BCUT2D eigenvalue weighted by Gasteiger charge is -2.25. The van der Waals surface area contributed by atoms with Gasteiger partial charge in [-0.3, -0.25) is 0 Å². The van der Waals surface area contributed by atoms with E-state index in [1.54, 1.807) is 0 Å². The van der Waals surface area contributed by atoms with Crippen LogP contribution in [0.15, 0.2) is 43.0 Å². The van der Waals surface area contributed by atoms with Gasteiger partial charge in [-0.1, -0.05) is 31.2 Å². The quantitative estimate of drug-likeness (QED) is 0.712. The first kappa shape index (κ1) is 12.8.